The van der Waals surface area contributed by atoms with Gasteiger partial charge in [-0.2, -0.15) is 4.31 Å². The number of sulfonamides is 1. The molecule has 2 aliphatic heterocycles. The highest BCUT2D eigenvalue weighted by atomic mass is 32.2. The second-order valence-electron chi connectivity index (χ2n) is 6.60. The number of rotatable bonds is 3. The summed E-state index contributed by atoms with van der Waals surface area (Å²) in [6, 6.07) is 4.03. The van der Waals surface area contributed by atoms with Crippen molar-refractivity contribution in [3.63, 3.8) is 0 Å². The lowest BCUT2D eigenvalue weighted by molar-refractivity contribution is 0.222. The van der Waals surface area contributed by atoms with Crippen LogP contribution >= 0.6 is 0 Å². The summed E-state index contributed by atoms with van der Waals surface area (Å²) < 4.78 is 27.0. The molecule has 6 nitrogen and oxygen atoms in total. The molecule has 0 N–H and O–H groups in total. The molecule has 0 radical (unpaired) electrons. The summed E-state index contributed by atoms with van der Waals surface area (Å²) in [5.74, 6) is 0.884. The van der Waals surface area contributed by atoms with Gasteiger partial charge >= 0.3 is 0 Å². The molecule has 0 bridgehead atoms. The Morgan fingerprint density at radius 1 is 1.09 bits per heavy atom. The predicted molar refractivity (Wildman–Crippen MR) is 91.2 cm³/mol. The number of pyridine rings is 1. The van der Waals surface area contributed by atoms with Crippen LogP contribution in [-0.4, -0.2) is 68.4 Å². The summed E-state index contributed by atoms with van der Waals surface area (Å²) in [5, 5.41) is 0. The maximum Gasteiger partial charge on any atom is 0.244 e. The van der Waals surface area contributed by atoms with Crippen LogP contribution in [0.5, 0.6) is 0 Å². The van der Waals surface area contributed by atoms with Gasteiger partial charge in [0.05, 0.1) is 0 Å². The smallest absolute Gasteiger partial charge is 0.244 e. The van der Waals surface area contributed by atoms with Gasteiger partial charge in [-0.05, 0) is 45.4 Å². The number of piperidine rings is 1. The largest absolute Gasteiger partial charge is 0.354 e. The zero-order chi connectivity index (χ0) is 16.4. The molecule has 0 unspecified atom stereocenters. The molecular weight excluding hydrogens is 312 g/mol. The summed E-state index contributed by atoms with van der Waals surface area (Å²) in [6.45, 7) is 5.84. The van der Waals surface area contributed by atoms with Crippen molar-refractivity contribution in [2.24, 2.45) is 0 Å². The van der Waals surface area contributed by atoms with Gasteiger partial charge in [0, 0.05) is 45.0 Å². The second-order valence-corrected chi connectivity index (χ2v) is 8.54. The van der Waals surface area contributed by atoms with E-state index < -0.39 is 10.0 Å². The van der Waals surface area contributed by atoms with E-state index in [-0.39, 0.29) is 0 Å². The summed E-state index contributed by atoms with van der Waals surface area (Å²) in [7, 11) is -1.41. The van der Waals surface area contributed by atoms with Crippen LogP contribution in [0, 0.1) is 0 Å². The maximum absolute atomic E-state index is 12.7. The van der Waals surface area contributed by atoms with Crippen molar-refractivity contribution in [3.8, 4) is 0 Å². The highest BCUT2D eigenvalue weighted by molar-refractivity contribution is 7.89. The minimum absolute atomic E-state index is 0.301. The quantitative estimate of drug-likeness (QED) is 0.834. The second kappa shape index (κ2) is 6.75. The van der Waals surface area contributed by atoms with Crippen LogP contribution in [0.25, 0.3) is 0 Å². The van der Waals surface area contributed by atoms with E-state index in [1.807, 2.05) is 13.1 Å². The minimum Gasteiger partial charge on any atom is -0.354 e. The van der Waals surface area contributed by atoms with E-state index in [1.54, 1.807) is 10.4 Å². The van der Waals surface area contributed by atoms with E-state index in [9.17, 15) is 8.42 Å². The number of anilines is 1. The Kier molecular flexibility index (Phi) is 4.89. The predicted octanol–water partition coefficient (Wildman–Crippen LogP) is 1.40. The van der Waals surface area contributed by atoms with Gasteiger partial charge in [0.1, 0.15) is 10.7 Å². The number of hydrogen-bond acceptors (Lipinski definition) is 5. The lowest BCUT2D eigenvalue weighted by Crippen LogP contribution is -2.47. The first-order valence-electron chi connectivity index (χ1n) is 8.40. The van der Waals surface area contributed by atoms with E-state index in [0.717, 1.165) is 25.5 Å². The molecular formula is C16H26N4O2S. The van der Waals surface area contributed by atoms with E-state index in [0.29, 0.717) is 24.0 Å². The summed E-state index contributed by atoms with van der Waals surface area (Å²) in [6.07, 6.45) is 5.12. The van der Waals surface area contributed by atoms with Crippen LogP contribution in [0.4, 0.5) is 5.82 Å². The summed E-state index contributed by atoms with van der Waals surface area (Å²) in [4.78, 5) is 9.16. The van der Waals surface area contributed by atoms with E-state index >= 15 is 0 Å². The van der Waals surface area contributed by atoms with E-state index in [2.05, 4.69) is 21.7 Å². The number of likely N-dealkylation sites (N-methyl/N-ethyl adjacent to an activating group) is 1. The van der Waals surface area contributed by atoms with Crippen molar-refractivity contribution >= 4 is 15.8 Å². The van der Waals surface area contributed by atoms with Crippen LogP contribution in [0.3, 0.4) is 0 Å². The molecule has 1 atom stereocenters. The molecule has 0 spiro atoms. The van der Waals surface area contributed by atoms with Crippen molar-refractivity contribution < 1.29 is 8.42 Å². The molecule has 0 saturated carbocycles. The van der Waals surface area contributed by atoms with Crippen molar-refractivity contribution in [2.75, 3.05) is 44.7 Å². The lowest BCUT2D eigenvalue weighted by atomic mass is 10.0. The van der Waals surface area contributed by atoms with Crippen molar-refractivity contribution in [2.45, 2.75) is 37.1 Å². The third kappa shape index (κ3) is 3.51. The molecule has 128 valence electrons. The Morgan fingerprint density at radius 2 is 1.83 bits per heavy atom. The molecule has 2 fully saturated rings. The zero-order valence-corrected chi connectivity index (χ0v) is 14.8. The molecule has 1 aromatic heterocycles. The summed E-state index contributed by atoms with van der Waals surface area (Å²) in [5.41, 5.74) is 0. The number of aromatic nitrogens is 1. The highest BCUT2D eigenvalue weighted by Gasteiger charge is 2.28. The minimum atomic E-state index is -3.42. The van der Waals surface area contributed by atoms with E-state index in [4.69, 9.17) is 0 Å². The van der Waals surface area contributed by atoms with E-state index in [1.165, 1.54) is 25.5 Å². The van der Waals surface area contributed by atoms with Crippen LogP contribution in [0.2, 0.25) is 0 Å². The molecule has 1 aromatic rings. The summed E-state index contributed by atoms with van der Waals surface area (Å²) >= 11 is 0. The fraction of sp³-hybridized carbons (Fsp3) is 0.688. The number of hydrogen-bond donors (Lipinski definition) is 0. The van der Waals surface area contributed by atoms with Crippen LogP contribution < -0.4 is 4.90 Å². The molecule has 2 aliphatic rings. The first kappa shape index (κ1) is 16.7. The van der Waals surface area contributed by atoms with Crippen LogP contribution in [-0.2, 0) is 10.0 Å². The lowest BCUT2D eigenvalue weighted by Gasteiger charge is -2.34. The van der Waals surface area contributed by atoms with Gasteiger partial charge in [0.15, 0.2) is 0 Å². The van der Waals surface area contributed by atoms with Crippen LogP contribution in [0.15, 0.2) is 23.2 Å². The van der Waals surface area contributed by atoms with Crippen molar-refractivity contribution in [1.82, 2.24) is 14.2 Å². The molecule has 2 saturated heterocycles. The Morgan fingerprint density at radius 3 is 2.43 bits per heavy atom. The standard InChI is InChI=1S/C16H26N4O2S/c1-14-5-3-4-8-20(14)16-7-6-15(13-17-16)23(21,22)19-11-9-18(2)10-12-19/h6-7,13-14H,3-5,8-12H2,1-2H3/t14-/m0/s1. The Balaban J connectivity index is 1.76. The fourth-order valence-corrected chi connectivity index (χ4v) is 4.68. The number of piperazine rings is 1. The third-order valence-corrected chi connectivity index (χ3v) is 6.80. The van der Waals surface area contributed by atoms with Gasteiger partial charge in [-0.1, -0.05) is 0 Å². The van der Waals surface area contributed by atoms with Crippen LogP contribution in [0.1, 0.15) is 26.2 Å². The van der Waals surface area contributed by atoms with Gasteiger partial charge in [-0.3, -0.25) is 0 Å². The number of nitrogens with zero attached hydrogens (tertiary/aromatic N) is 4. The molecule has 0 aliphatic carbocycles. The molecule has 0 amide bonds. The Labute approximate surface area is 139 Å². The Bertz CT molecular complexity index is 624. The highest BCUT2D eigenvalue weighted by Crippen LogP contribution is 2.24. The average molecular weight is 338 g/mol. The molecule has 3 rings (SSSR count). The zero-order valence-electron chi connectivity index (χ0n) is 14.0. The fourth-order valence-electron chi connectivity index (χ4n) is 3.31. The Hall–Kier alpha value is -1.18. The first-order valence-corrected chi connectivity index (χ1v) is 9.84. The maximum atomic E-state index is 12.7. The van der Waals surface area contributed by atoms with Gasteiger partial charge in [0.2, 0.25) is 10.0 Å². The van der Waals surface area contributed by atoms with Crippen molar-refractivity contribution in [3.05, 3.63) is 18.3 Å². The molecule has 23 heavy (non-hydrogen) atoms. The van der Waals surface area contributed by atoms with Gasteiger partial charge in [-0.25, -0.2) is 13.4 Å². The topological polar surface area (TPSA) is 56.8 Å². The third-order valence-electron chi connectivity index (χ3n) is 4.92. The SMILES string of the molecule is C[C@H]1CCCCN1c1ccc(S(=O)(=O)N2CCN(C)CC2)cn1. The molecule has 0 aromatic carbocycles. The molecule has 7 heteroatoms. The first-order chi connectivity index (χ1) is 11.0. The monoisotopic (exact) mass is 338 g/mol. The normalized spacial score (nSPS) is 24.8. The van der Waals surface area contributed by atoms with Gasteiger partial charge in [-0.15, -0.1) is 0 Å². The van der Waals surface area contributed by atoms with Crippen molar-refractivity contribution in [1.29, 1.82) is 0 Å². The van der Waals surface area contributed by atoms with Gasteiger partial charge in [0.25, 0.3) is 0 Å². The van der Waals surface area contributed by atoms with Gasteiger partial charge < -0.3 is 9.80 Å². The average Bonchev–Trinajstić information content (AvgIpc) is 2.56. The molecule has 3 heterocycles.